The van der Waals surface area contributed by atoms with Crippen LogP contribution in [0, 0.1) is 0 Å². The SMILES string of the molecule is Cn1ccc2c(C(=O)NCc3ncc(C(=O)Nc4cc(C(F)(F)F)c(Cl)cn4)s3)ncnc21. The highest BCUT2D eigenvalue weighted by molar-refractivity contribution is 7.13. The van der Waals surface area contributed by atoms with Gasteiger partial charge in [-0.1, -0.05) is 11.6 Å². The average Bonchev–Trinajstić information content (AvgIpc) is 3.40. The molecule has 0 aliphatic heterocycles. The number of hydrogen-bond acceptors (Lipinski definition) is 7. The summed E-state index contributed by atoms with van der Waals surface area (Å²) in [4.78, 5) is 41.0. The van der Waals surface area contributed by atoms with Gasteiger partial charge in [0.25, 0.3) is 11.8 Å². The van der Waals surface area contributed by atoms with Crippen molar-refractivity contribution in [3.63, 3.8) is 0 Å². The number of alkyl halides is 3. The minimum atomic E-state index is -4.69. The van der Waals surface area contributed by atoms with E-state index in [1.165, 1.54) is 12.5 Å². The molecule has 0 spiro atoms. The average molecular weight is 496 g/mol. The number of nitrogens with zero attached hydrogens (tertiary/aromatic N) is 5. The van der Waals surface area contributed by atoms with Gasteiger partial charge in [0.05, 0.1) is 28.7 Å². The van der Waals surface area contributed by atoms with E-state index in [4.69, 9.17) is 11.6 Å². The topological polar surface area (TPSA) is 115 Å². The van der Waals surface area contributed by atoms with Crippen LogP contribution in [0.4, 0.5) is 19.0 Å². The molecule has 4 heterocycles. The maximum Gasteiger partial charge on any atom is 0.418 e. The Kier molecular flexibility index (Phi) is 5.99. The number of aryl methyl sites for hydroxylation is 1. The second-order valence-electron chi connectivity index (χ2n) is 6.69. The second-order valence-corrected chi connectivity index (χ2v) is 8.21. The van der Waals surface area contributed by atoms with Crippen LogP contribution < -0.4 is 10.6 Å². The lowest BCUT2D eigenvalue weighted by Crippen LogP contribution is -2.24. The number of hydrogen-bond donors (Lipinski definition) is 2. The molecule has 2 N–H and O–H groups in total. The number of anilines is 1. The number of pyridine rings is 1. The van der Waals surface area contributed by atoms with Crippen molar-refractivity contribution in [3.05, 3.63) is 63.2 Å². The Labute approximate surface area is 192 Å². The molecule has 9 nitrogen and oxygen atoms in total. The van der Waals surface area contributed by atoms with E-state index in [0.717, 1.165) is 17.5 Å². The Hall–Kier alpha value is -3.58. The Morgan fingerprint density at radius 3 is 2.70 bits per heavy atom. The molecular weight excluding hydrogens is 483 g/mol. The van der Waals surface area contributed by atoms with Crippen LogP contribution in [0.3, 0.4) is 0 Å². The van der Waals surface area contributed by atoms with Crippen molar-refractivity contribution in [2.75, 3.05) is 5.32 Å². The minimum Gasteiger partial charge on any atom is -0.344 e. The molecule has 0 fully saturated rings. The fourth-order valence-corrected chi connectivity index (χ4v) is 3.86. The van der Waals surface area contributed by atoms with Crippen LogP contribution in [-0.4, -0.2) is 36.3 Å². The van der Waals surface area contributed by atoms with E-state index < -0.39 is 28.6 Å². The van der Waals surface area contributed by atoms with Gasteiger partial charge in [-0.3, -0.25) is 9.59 Å². The van der Waals surface area contributed by atoms with Gasteiger partial charge in [-0.15, -0.1) is 11.3 Å². The maximum atomic E-state index is 13.0. The van der Waals surface area contributed by atoms with Crippen LogP contribution in [0.5, 0.6) is 0 Å². The third kappa shape index (κ3) is 4.78. The predicted octanol–water partition coefficient (Wildman–Crippen LogP) is 3.67. The molecule has 0 atom stereocenters. The Bertz CT molecular complexity index is 1370. The maximum absolute atomic E-state index is 13.0. The number of fused-ring (bicyclic) bond motifs is 1. The molecule has 0 bridgehead atoms. The van der Waals surface area contributed by atoms with E-state index in [1.807, 2.05) is 0 Å². The standard InChI is InChI=1S/C19H13ClF3N7O2S/c1-30-3-2-9-15(27-8-28-16(9)30)18(32)26-7-14-25-6-12(33-14)17(31)29-13-4-10(19(21,22)23)11(20)5-24-13/h2-6,8H,7H2,1H3,(H,26,32)(H,24,29,31). The first kappa shape index (κ1) is 22.6. The summed E-state index contributed by atoms with van der Waals surface area (Å²) in [5.74, 6) is -1.45. The van der Waals surface area contributed by atoms with Crippen LogP contribution in [0.2, 0.25) is 5.02 Å². The van der Waals surface area contributed by atoms with Crippen molar-refractivity contribution in [3.8, 4) is 0 Å². The van der Waals surface area contributed by atoms with Gasteiger partial charge >= 0.3 is 6.18 Å². The largest absolute Gasteiger partial charge is 0.418 e. The molecule has 4 rings (SSSR count). The van der Waals surface area contributed by atoms with Gasteiger partial charge in [-0.05, 0) is 12.1 Å². The van der Waals surface area contributed by atoms with Gasteiger partial charge in [0.1, 0.15) is 33.4 Å². The summed E-state index contributed by atoms with van der Waals surface area (Å²) in [5, 5.41) is 5.38. The molecule has 2 amide bonds. The number of nitrogens with one attached hydrogen (secondary N) is 2. The monoisotopic (exact) mass is 495 g/mol. The fraction of sp³-hybridized carbons (Fsp3) is 0.158. The van der Waals surface area contributed by atoms with Crippen LogP contribution in [0.25, 0.3) is 11.0 Å². The normalized spacial score (nSPS) is 11.5. The summed E-state index contributed by atoms with van der Waals surface area (Å²) >= 11 is 6.50. The molecule has 0 aliphatic carbocycles. The lowest BCUT2D eigenvalue weighted by molar-refractivity contribution is -0.137. The highest BCUT2D eigenvalue weighted by Crippen LogP contribution is 2.35. The van der Waals surface area contributed by atoms with Crippen molar-refractivity contribution in [1.29, 1.82) is 0 Å². The Balaban J connectivity index is 1.42. The molecule has 0 saturated carbocycles. The number of thiazole rings is 1. The molecule has 0 unspecified atom stereocenters. The molecule has 0 aliphatic rings. The fourth-order valence-electron chi connectivity index (χ4n) is 2.90. The van der Waals surface area contributed by atoms with Crippen molar-refractivity contribution in [2.45, 2.75) is 12.7 Å². The van der Waals surface area contributed by atoms with E-state index >= 15 is 0 Å². The van der Waals surface area contributed by atoms with E-state index in [1.54, 1.807) is 23.9 Å². The summed E-state index contributed by atoms with van der Waals surface area (Å²) in [6.07, 6.45) is 0.421. The first-order chi connectivity index (χ1) is 15.6. The van der Waals surface area contributed by atoms with Crippen LogP contribution in [-0.2, 0) is 19.8 Å². The number of rotatable bonds is 5. The molecule has 4 aromatic rings. The molecule has 4 aromatic heterocycles. The van der Waals surface area contributed by atoms with Crippen LogP contribution in [0.1, 0.15) is 30.7 Å². The van der Waals surface area contributed by atoms with Gasteiger partial charge in [0.15, 0.2) is 0 Å². The zero-order valence-corrected chi connectivity index (χ0v) is 18.2. The summed E-state index contributed by atoms with van der Waals surface area (Å²) in [7, 11) is 1.79. The van der Waals surface area contributed by atoms with Gasteiger partial charge in [-0.25, -0.2) is 19.9 Å². The summed E-state index contributed by atoms with van der Waals surface area (Å²) in [6.45, 7) is 0.0204. The number of aromatic nitrogens is 5. The van der Waals surface area contributed by atoms with E-state index in [9.17, 15) is 22.8 Å². The molecular formula is C19H13ClF3N7O2S. The van der Waals surface area contributed by atoms with Gasteiger partial charge in [0, 0.05) is 19.4 Å². The summed E-state index contributed by atoms with van der Waals surface area (Å²) < 4.78 is 40.7. The minimum absolute atomic E-state index is 0.0204. The lowest BCUT2D eigenvalue weighted by Gasteiger charge is -2.10. The van der Waals surface area contributed by atoms with Crippen molar-refractivity contribution in [2.24, 2.45) is 7.05 Å². The zero-order chi connectivity index (χ0) is 23.8. The van der Waals surface area contributed by atoms with E-state index in [-0.39, 0.29) is 22.9 Å². The summed E-state index contributed by atoms with van der Waals surface area (Å²) in [6, 6.07) is 2.37. The number of halogens is 4. The van der Waals surface area contributed by atoms with Gasteiger partial charge in [0.2, 0.25) is 0 Å². The number of amides is 2. The van der Waals surface area contributed by atoms with Crippen molar-refractivity contribution < 1.29 is 22.8 Å². The first-order valence-electron chi connectivity index (χ1n) is 9.16. The lowest BCUT2D eigenvalue weighted by atomic mass is 10.2. The molecule has 170 valence electrons. The van der Waals surface area contributed by atoms with E-state index in [2.05, 4.69) is 30.6 Å². The zero-order valence-electron chi connectivity index (χ0n) is 16.6. The molecule has 0 radical (unpaired) electrons. The van der Waals surface area contributed by atoms with Gasteiger partial charge < -0.3 is 15.2 Å². The highest BCUT2D eigenvalue weighted by atomic mass is 35.5. The highest BCUT2D eigenvalue weighted by Gasteiger charge is 2.34. The van der Waals surface area contributed by atoms with Gasteiger partial charge in [-0.2, -0.15) is 13.2 Å². The van der Waals surface area contributed by atoms with Crippen LogP contribution in [0.15, 0.2) is 37.1 Å². The molecule has 0 aromatic carbocycles. The summed E-state index contributed by atoms with van der Waals surface area (Å²) in [5.41, 5.74) is -0.309. The quantitative estimate of drug-likeness (QED) is 0.436. The predicted molar refractivity (Wildman–Crippen MR) is 114 cm³/mol. The third-order valence-corrected chi connectivity index (χ3v) is 5.75. The number of carbonyl (C=O) groups is 2. The Morgan fingerprint density at radius 2 is 1.94 bits per heavy atom. The van der Waals surface area contributed by atoms with Crippen LogP contribution >= 0.6 is 22.9 Å². The first-order valence-corrected chi connectivity index (χ1v) is 10.4. The Morgan fingerprint density at radius 1 is 1.15 bits per heavy atom. The molecule has 33 heavy (non-hydrogen) atoms. The smallest absolute Gasteiger partial charge is 0.344 e. The van der Waals surface area contributed by atoms with Crippen molar-refractivity contribution in [1.82, 2.24) is 29.8 Å². The van der Waals surface area contributed by atoms with E-state index in [0.29, 0.717) is 22.1 Å². The third-order valence-electron chi connectivity index (χ3n) is 4.46. The molecule has 0 saturated heterocycles. The van der Waals surface area contributed by atoms with Crippen molar-refractivity contribution >= 4 is 51.6 Å². The molecule has 14 heteroatoms. The second kappa shape index (κ2) is 8.75. The number of carbonyl (C=O) groups excluding carboxylic acids is 2.